The van der Waals surface area contributed by atoms with Crippen molar-refractivity contribution in [3.8, 4) is 0 Å². The number of unbranched alkanes of at least 4 members (excludes halogenated alkanes) is 3. The number of carbonyl (C=O) groups excluding carboxylic acids is 1. The van der Waals surface area contributed by atoms with Crippen molar-refractivity contribution < 1.29 is 4.79 Å². The summed E-state index contributed by atoms with van der Waals surface area (Å²) in [6.45, 7) is 2.34. The minimum absolute atomic E-state index is 0.735. The maximum atomic E-state index is 10.1. The lowest BCUT2D eigenvalue weighted by atomic mass is 9.85. The van der Waals surface area contributed by atoms with E-state index in [1.807, 2.05) is 0 Å². The van der Waals surface area contributed by atoms with Crippen LogP contribution in [0.15, 0.2) is 11.6 Å². The molecule has 1 atom stereocenters. The number of hydrogen-bond acceptors (Lipinski definition) is 1. The smallest absolute Gasteiger partial charge is 0.119 e. The Balaban J connectivity index is 2.17. The fourth-order valence-electron chi connectivity index (χ4n) is 2.17. The Kier molecular flexibility index (Phi) is 5.58. The van der Waals surface area contributed by atoms with Gasteiger partial charge >= 0.3 is 0 Å². The average Bonchev–Trinajstić information content (AvgIpc) is 2.20. The second-order valence-electron chi connectivity index (χ2n) is 4.38. The fraction of sp³-hybridized carbons (Fsp3) is 0.769. The van der Waals surface area contributed by atoms with Gasteiger partial charge in [0.2, 0.25) is 0 Å². The van der Waals surface area contributed by atoms with Crippen LogP contribution < -0.4 is 0 Å². The third-order valence-electron chi connectivity index (χ3n) is 3.17. The first kappa shape index (κ1) is 11.5. The van der Waals surface area contributed by atoms with Crippen molar-refractivity contribution in [1.29, 1.82) is 0 Å². The van der Waals surface area contributed by atoms with E-state index in [-0.39, 0.29) is 0 Å². The Labute approximate surface area is 87.6 Å². The van der Waals surface area contributed by atoms with Crippen molar-refractivity contribution in [3.63, 3.8) is 0 Å². The molecule has 0 heterocycles. The molecule has 0 aromatic heterocycles. The summed E-state index contributed by atoms with van der Waals surface area (Å²) in [5.74, 6) is 0.815. The monoisotopic (exact) mass is 194 g/mol. The second-order valence-corrected chi connectivity index (χ2v) is 4.38. The van der Waals surface area contributed by atoms with E-state index in [9.17, 15) is 4.79 Å². The van der Waals surface area contributed by atoms with Crippen LogP contribution in [0.1, 0.15) is 58.3 Å². The molecular formula is C13H22O. The number of carbonyl (C=O) groups is 1. The van der Waals surface area contributed by atoms with Crippen molar-refractivity contribution in [2.24, 2.45) is 5.92 Å². The van der Waals surface area contributed by atoms with Crippen LogP contribution in [0.4, 0.5) is 0 Å². The average molecular weight is 194 g/mol. The maximum absolute atomic E-state index is 10.1. The number of aldehydes is 1. The SMILES string of the molecule is CC1CCCC/C1=C/CCCCC=O. The van der Waals surface area contributed by atoms with Crippen molar-refractivity contribution in [2.75, 3.05) is 0 Å². The maximum Gasteiger partial charge on any atom is 0.119 e. The molecule has 0 amide bonds. The van der Waals surface area contributed by atoms with E-state index < -0.39 is 0 Å². The van der Waals surface area contributed by atoms with Crippen LogP contribution in [0.25, 0.3) is 0 Å². The summed E-state index contributed by atoms with van der Waals surface area (Å²) in [5.41, 5.74) is 1.67. The molecule has 1 rings (SSSR count). The molecule has 0 aliphatic heterocycles. The predicted octanol–water partition coefficient (Wildman–Crippen LogP) is 3.88. The quantitative estimate of drug-likeness (QED) is 0.369. The zero-order chi connectivity index (χ0) is 10.2. The molecule has 1 aliphatic rings. The molecule has 0 saturated heterocycles. The zero-order valence-corrected chi connectivity index (χ0v) is 9.30. The highest BCUT2D eigenvalue weighted by Crippen LogP contribution is 2.29. The Morgan fingerprint density at radius 2 is 2.07 bits per heavy atom. The molecule has 0 radical (unpaired) electrons. The lowest BCUT2D eigenvalue weighted by Crippen LogP contribution is -2.05. The van der Waals surface area contributed by atoms with Gasteiger partial charge in [-0.1, -0.05) is 25.0 Å². The van der Waals surface area contributed by atoms with E-state index >= 15 is 0 Å². The lowest BCUT2D eigenvalue weighted by Gasteiger charge is -2.21. The molecule has 1 aliphatic carbocycles. The summed E-state index contributed by atoms with van der Waals surface area (Å²) in [5, 5.41) is 0. The van der Waals surface area contributed by atoms with Gasteiger partial charge in [-0.3, -0.25) is 0 Å². The summed E-state index contributed by atoms with van der Waals surface area (Å²) < 4.78 is 0. The fourth-order valence-corrected chi connectivity index (χ4v) is 2.17. The van der Waals surface area contributed by atoms with Gasteiger partial charge in [0, 0.05) is 6.42 Å². The molecule has 0 N–H and O–H groups in total. The van der Waals surface area contributed by atoms with Gasteiger partial charge in [-0.15, -0.1) is 0 Å². The van der Waals surface area contributed by atoms with Crippen molar-refractivity contribution >= 4 is 6.29 Å². The number of hydrogen-bond donors (Lipinski definition) is 0. The van der Waals surface area contributed by atoms with Gasteiger partial charge in [0.25, 0.3) is 0 Å². The van der Waals surface area contributed by atoms with E-state index in [1.54, 1.807) is 5.57 Å². The molecule has 80 valence electrons. The van der Waals surface area contributed by atoms with E-state index in [4.69, 9.17) is 0 Å². The van der Waals surface area contributed by atoms with Crippen molar-refractivity contribution in [1.82, 2.24) is 0 Å². The molecule has 1 heteroatoms. The normalized spacial score (nSPS) is 25.2. The van der Waals surface area contributed by atoms with Gasteiger partial charge in [0.05, 0.1) is 0 Å². The molecule has 14 heavy (non-hydrogen) atoms. The number of allylic oxidation sites excluding steroid dienone is 2. The summed E-state index contributed by atoms with van der Waals surface area (Å²) in [7, 11) is 0. The van der Waals surface area contributed by atoms with Crippen LogP contribution in [-0.4, -0.2) is 6.29 Å². The highest BCUT2D eigenvalue weighted by Gasteiger charge is 2.12. The Hall–Kier alpha value is -0.590. The Bertz CT molecular complexity index is 193. The summed E-state index contributed by atoms with van der Waals surface area (Å²) in [4.78, 5) is 10.1. The van der Waals surface area contributed by atoms with E-state index in [2.05, 4.69) is 13.0 Å². The van der Waals surface area contributed by atoms with Gasteiger partial charge in [0.15, 0.2) is 0 Å². The van der Waals surface area contributed by atoms with Gasteiger partial charge in [-0.05, 0) is 44.4 Å². The van der Waals surface area contributed by atoms with Crippen LogP contribution in [0.2, 0.25) is 0 Å². The first-order chi connectivity index (χ1) is 6.84. The van der Waals surface area contributed by atoms with Crippen LogP contribution in [0.5, 0.6) is 0 Å². The van der Waals surface area contributed by atoms with Gasteiger partial charge < -0.3 is 4.79 Å². The van der Waals surface area contributed by atoms with Crippen molar-refractivity contribution in [3.05, 3.63) is 11.6 Å². The van der Waals surface area contributed by atoms with Crippen LogP contribution >= 0.6 is 0 Å². The third-order valence-corrected chi connectivity index (χ3v) is 3.17. The Morgan fingerprint density at radius 1 is 1.29 bits per heavy atom. The molecule has 0 aromatic carbocycles. The summed E-state index contributed by atoms with van der Waals surface area (Å²) in [6, 6.07) is 0. The Morgan fingerprint density at radius 3 is 2.79 bits per heavy atom. The molecule has 1 fully saturated rings. The van der Waals surface area contributed by atoms with Crippen LogP contribution in [-0.2, 0) is 4.79 Å². The molecule has 1 saturated carbocycles. The van der Waals surface area contributed by atoms with Gasteiger partial charge in [-0.2, -0.15) is 0 Å². The molecule has 0 aromatic rings. The lowest BCUT2D eigenvalue weighted by molar-refractivity contribution is -0.107. The second kappa shape index (κ2) is 6.80. The first-order valence-corrected chi connectivity index (χ1v) is 5.97. The summed E-state index contributed by atoms with van der Waals surface area (Å²) in [6.07, 6.45) is 13.1. The van der Waals surface area contributed by atoms with Crippen LogP contribution in [0.3, 0.4) is 0 Å². The van der Waals surface area contributed by atoms with E-state index in [0.717, 1.165) is 25.0 Å². The molecule has 0 bridgehead atoms. The molecular weight excluding hydrogens is 172 g/mol. The minimum Gasteiger partial charge on any atom is -0.303 e. The highest BCUT2D eigenvalue weighted by molar-refractivity contribution is 5.48. The van der Waals surface area contributed by atoms with Crippen LogP contribution in [0, 0.1) is 5.92 Å². The molecule has 1 unspecified atom stereocenters. The van der Waals surface area contributed by atoms with E-state index in [1.165, 1.54) is 38.5 Å². The van der Waals surface area contributed by atoms with Crippen molar-refractivity contribution in [2.45, 2.75) is 58.3 Å². The molecule has 1 nitrogen and oxygen atoms in total. The molecule has 0 spiro atoms. The van der Waals surface area contributed by atoms with E-state index in [0.29, 0.717) is 0 Å². The van der Waals surface area contributed by atoms with Gasteiger partial charge in [-0.25, -0.2) is 0 Å². The zero-order valence-electron chi connectivity index (χ0n) is 9.30. The predicted molar refractivity (Wildman–Crippen MR) is 60.2 cm³/mol. The standard InChI is InChI=1S/C13H22O/c1-12-8-5-6-10-13(12)9-4-2-3-7-11-14/h9,11-12H,2-8,10H2,1H3/b13-9-. The topological polar surface area (TPSA) is 17.1 Å². The largest absolute Gasteiger partial charge is 0.303 e. The van der Waals surface area contributed by atoms with Gasteiger partial charge in [0.1, 0.15) is 6.29 Å². The minimum atomic E-state index is 0.735. The third kappa shape index (κ3) is 4.08. The number of rotatable bonds is 5. The highest BCUT2D eigenvalue weighted by atomic mass is 16.1. The summed E-state index contributed by atoms with van der Waals surface area (Å²) >= 11 is 0. The first-order valence-electron chi connectivity index (χ1n) is 5.97.